The van der Waals surface area contributed by atoms with Gasteiger partial charge in [-0.15, -0.1) is 0 Å². The van der Waals surface area contributed by atoms with Gasteiger partial charge < -0.3 is 10.6 Å². The Hall–Kier alpha value is -1.39. The molecule has 0 fully saturated rings. The van der Waals surface area contributed by atoms with Crippen LogP contribution in [0.25, 0.3) is 0 Å². The van der Waals surface area contributed by atoms with Crippen LogP contribution in [0, 0.1) is 5.82 Å². The first-order valence-electron chi connectivity index (χ1n) is 6.14. The van der Waals surface area contributed by atoms with Crippen molar-refractivity contribution in [1.82, 2.24) is 9.97 Å². The molecule has 1 atom stereocenters. The number of hydrogen-bond acceptors (Lipinski definition) is 4. The van der Waals surface area contributed by atoms with Crippen LogP contribution in [0.15, 0.2) is 6.20 Å². The van der Waals surface area contributed by atoms with Crippen molar-refractivity contribution in [2.24, 2.45) is 0 Å². The molecule has 0 amide bonds. The Balaban J connectivity index is 2.54. The van der Waals surface area contributed by atoms with Crippen LogP contribution < -0.4 is 10.6 Å². The summed E-state index contributed by atoms with van der Waals surface area (Å²) in [6.45, 7) is 4.21. The lowest BCUT2D eigenvalue weighted by Crippen LogP contribution is -2.17. The number of unbranched alkanes of at least 4 members (excludes halogenated alkanes) is 2. The first-order chi connectivity index (χ1) is 8.17. The first-order valence-corrected chi connectivity index (χ1v) is 6.14. The zero-order chi connectivity index (χ0) is 12.7. The van der Waals surface area contributed by atoms with E-state index in [0.29, 0.717) is 5.95 Å². The summed E-state index contributed by atoms with van der Waals surface area (Å²) in [6, 6.07) is 0.218. The maximum Gasteiger partial charge on any atom is 0.224 e. The van der Waals surface area contributed by atoms with E-state index in [0.717, 1.165) is 12.8 Å². The second-order valence-corrected chi connectivity index (χ2v) is 4.18. The zero-order valence-corrected chi connectivity index (χ0v) is 10.8. The van der Waals surface area contributed by atoms with E-state index in [1.807, 2.05) is 6.92 Å². The predicted octanol–water partition coefficient (Wildman–Crippen LogP) is 3.04. The molecule has 2 N–H and O–H groups in total. The number of nitrogens with zero attached hydrogens (tertiary/aromatic N) is 2. The third kappa shape index (κ3) is 4.54. The highest BCUT2D eigenvalue weighted by Gasteiger charge is 2.09. The summed E-state index contributed by atoms with van der Waals surface area (Å²) < 4.78 is 13.4. The monoisotopic (exact) mass is 240 g/mol. The van der Waals surface area contributed by atoms with Gasteiger partial charge in [0, 0.05) is 13.1 Å². The summed E-state index contributed by atoms with van der Waals surface area (Å²) in [5.74, 6) is 0.286. The minimum atomic E-state index is -0.411. The van der Waals surface area contributed by atoms with Gasteiger partial charge in [-0.05, 0) is 13.3 Å². The van der Waals surface area contributed by atoms with Gasteiger partial charge in [0.05, 0.1) is 6.20 Å². The predicted molar refractivity (Wildman–Crippen MR) is 68.8 cm³/mol. The van der Waals surface area contributed by atoms with Crippen LogP contribution in [0.5, 0.6) is 0 Å². The molecule has 0 aliphatic heterocycles. The van der Waals surface area contributed by atoms with Crippen molar-refractivity contribution in [3.8, 4) is 0 Å². The number of anilines is 2. The van der Waals surface area contributed by atoms with E-state index in [1.165, 1.54) is 19.0 Å². The van der Waals surface area contributed by atoms with Gasteiger partial charge in [-0.25, -0.2) is 9.37 Å². The Morgan fingerprint density at radius 1 is 1.41 bits per heavy atom. The molecule has 0 spiro atoms. The Morgan fingerprint density at radius 3 is 2.82 bits per heavy atom. The molecule has 0 radical (unpaired) electrons. The summed E-state index contributed by atoms with van der Waals surface area (Å²) in [5, 5.41) is 5.87. The average molecular weight is 240 g/mol. The Kier molecular flexibility index (Phi) is 5.66. The second kappa shape index (κ2) is 7.04. The third-order valence-electron chi connectivity index (χ3n) is 2.59. The van der Waals surface area contributed by atoms with E-state index in [4.69, 9.17) is 0 Å². The molecule has 0 aliphatic carbocycles. The summed E-state index contributed by atoms with van der Waals surface area (Å²) in [4.78, 5) is 7.85. The highest BCUT2D eigenvalue weighted by atomic mass is 19.1. The summed E-state index contributed by atoms with van der Waals surface area (Å²) >= 11 is 0. The fourth-order valence-electron chi connectivity index (χ4n) is 1.59. The number of aromatic nitrogens is 2. The van der Waals surface area contributed by atoms with Gasteiger partial charge in [0.1, 0.15) is 0 Å². The number of halogens is 1. The van der Waals surface area contributed by atoms with Gasteiger partial charge in [-0.3, -0.25) is 0 Å². The molecule has 5 heteroatoms. The van der Waals surface area contributed by atoms with Crippen molar-refractivity contribution >= 4 is 11.8 Å². The van der Waals surface area contributed by atoms with E-state index in [2.05, 4.69) is 27.5 Å². The first kappa shape index (κ1) is 13.7. The van der Waals surface area contributed by atoms with E-state index in [9.17, 15) is 4.39 Å². The molecule has 1 heterocycles. The molecule has 0 aliphatic rings. The minimum absolute atomic E-state index is 0.218. The number of rotatable bonds is 7. The molecule has 17 heavy (non-hydrogen) atoms. The van der Waals surface area contributed by atoms with Gasteiger partial charge in [0.25, 0.3) is 0 Å². The second-order valence-electron chi connectivity index (χ2n) is 4.18. The van der Waals surface area contributed by atoms with Crippen molar-refractivity contribution < 1.29 is 4.39 Å². The molecule has 1 aromatic heterocycles. The largest absolute Gasteiger partial charge is 0.365 e. The highest BCUT2D eigenvalue weighted by molar-refractivity contribution is 5.41. The van der Waals surface area contributed by atoms with Crippen molar-refractivity contribution in [3.63, 3.8) is 0 Å². The fraction of sp³-hybridized carbons (Fsp3) is 0.667. The molecule has 1 rings (SSSR count). The van der Waals surface area contributed by atoms with Gasteiger partial charge in [0.2, 0.25) is 5.95 Å². The maximum atomic E-state index is 13.4. The van der Waals surface area contributed by atoms with E-state index in [-0.39, 0.29) is 11.9 Å². The summed E-state index contributed by atoms with van der Waals surface area (Å²) in [7, 11) is 1.71. The van der Waals surface area contributed by atoms with Crippen molar-refractivity contribution in [1.29, 1.82) is 0 Å². The molecule has 1 aromatic rings. The lowest BCUT2D eigenvalue weighted by Gasteiger charge is -2.15. The van der Waals surface area contributed by atoms with E-state index >= 15 is 0 Å². The molecular weight excluding hydrogens is 219 g/mol. The van der Waals surface area contributed by atoms with Gasteiger partial charge in [-0.2, -0.15) is 4.98 Å². The summed E-state index contributed by atoms with van der Waals surface area (Å²) in [6.07, 6.45) is 5.75. The SMILES string of the molecule is CCCCCC(C)Nc1nc(NC)ncc1F. The van der Waals surface area contributed by atoms with Crippen LogP contribution >= 0.6 is 0 Å². The standard InChI is InChI=1S/C12H21FN4/c1-4-5-6-7-9(2)16-11-10(13)8-15-12(14-3)17-11/h8-9H,4-7H2,1-3H3,(H2,14,15,16,17). The molecule has 4 nitrogen and oxygen atoms in total. The highest BCUT2D eigenvalue weighted by Crippen LogP contribution is 2.14. The zero-order valence-electron chi connectivity index (χ0n) is 10.8. The molecule has 1 unspecified atom stereocenters. The third-order valence-corrected chi connectivity index (χ3v) is 2.59. The van der Waals surface area contributed by atoms with Crippen molar-refractivity contribution in [2.45, 2.75) is 45.6 Å². The number of hydrogen-bond donors (Lipinski definition) is 2. The lowest BCUT2D eigenvalue weighted by atomic mass is 10.1. The average Bonchev–Trinajstić information content (AvgIpc) is 2.32. The quantitative estimate of drug-likeness (QED) is 0.719. The van der Waals surface area contributed by atoms with Gasteiger partial charge in [0.15, 0.2) is 11.6 Å². The van der Waals surface area contributed by atoms with Crippen LogP contribution in [0.2, 0.25) is 0 Å². The van der Waals surface area contributed by atoms with Crippen molar-refractivity contribution in [3.05, 3.63) is 12.0 Å². The van der Waals surface area contributed by atoms with Crippen LogP contribution in [-0.4, -0.2) is 23.1 Å². The fourth-order valence-corrected chi connectivity index (χ4v) is 1.59. The van der Waals surface area contributed by atoms with Gasteiger partial charge >= 0.3 is 0 Å². The smallest absolute Gasteiger partial charge is 0.224 e. The van der Waals surface area contributed by atoms with E-state index in [1.54, 1.807) is 7.05 Å². The summed E-state index contributed by atoms with van der Waals surface area (Å²) in [5.41, 5.74) is 0. The van der Waals surface area contributed by atoms with Crippen LogP contribution in [-0.2, 0) is 0 Å². The maximum absolute atomic E-state index is 13.4. The Bertz CT molecular complexity index is 343. The Labute approximate surface area is 102 Å². The molecule has 96 valence electrons. The van der Waals surface area contributed by atoms with Gasteiger partial charge in [-0.1, -0.05) is 26.2 Å². The topological polar surface area (TPSA) is 49.8 Å². The van der Waals surface area contributed by atoms with Crippen molar-refractivity contribution in [2.75, 3.05) is 17.7 Å². The molecule has 0 bridgehead atoms. The Morgan fingerprint density at radius 2 is 2.18 bits per heavy atom. The van der Waals surface area contributed by atoms with Crippen LogP contribution in [0.4, 0.5) is 16.2 Å². The van der Waals surface area contributed by atoms with Crippen LogP contribution in [0.3, 0.4) is 0 Å². The lowest BCUT2D eigenvalue weighted by molar-refractivity contribution is 0.591. The molecule has 0 saturated carbocycles. The van der Waals surface area contributed by atoms with E-state index < -0.39 is 5.82 Å². The minimum Gasteiger partial charge on any atom is -0.365 e. The van der Waals surface area contributed by atoms with Crippen LogP contribution in [0.1, 0.15) is 39.5 Å². The molecule has 0 aromatic carbocycles. The molecule has 0 saturated heterocycles. The number of nitrogens with one attached hydrogen (secondary N) is 2. The molecular formula is C12H21FN4. The normalized spacial score (nSPS) is 12.2.